The summed E-state index contributed by atoms with van der Waals surface area (Å²) in [6, 6.07) is 9.02. The molecule has 0 saturated carbocycles. The maximum Gasteiger partial charge on any atom is 0.234 e. The second-order valence-corrected chi connectivity index (χ2v) is 5.66. The molecular formula is C13H12BrN3OS. The zero-order valence-electron chi connectivity index (χ0n) is 9.97. The van der Waals surface area contributed by atoms with Gasteiger partial charge in [-0.3, -0.25) is 9.78 Å². The first-order valence-corrected chi connectivity index (χ1v) is 7.31. The van der Waals surface area contributed by atoms with Gasteiger partial charge in [0.15, 0.2) is 0 Å². The molecule has 2 aromatic rings. The fraction of sp³-hybridized carbons (Fsp3) is 0.0769. The van der Waals surface area contributed by atoms with Crippen molar-refractivity contribution in [2.45, 2.75) is 4.90 Å². The molecule has 3 N–H and O–H groups in total. The van der Waals surface area contributed by atoms with Gasteiger partial charge in [0.1, 0.15) is 0 Å². The molecule has 0 spiro atoms. The van der Waals surface area contributed by atoms with Crippen molar-refractivity contribution < 1.29 is 4.79 Å². The molecule has 0 aliphatic carbocycles. The number of halogens is 1. The average Bonchev–Trinajstić information content (AvgIpc) is 2.41. The number of nitrogens with two attached hydrogens (primary N) is 1. The summed E-state index contributed by atoms with van der Waals surface area (Å²) in [5, 5.41) is 2.83. The Bertz CT molecular complexity index is 577. The number of amides is 1. The van der Waals surface area contributed by atoms with E-state index in [1.54, 1.807) is 30.6 Å². The Morgan fingerprint density at radius 2 is 2.05 bits per heavy atom. The van der Waals surface area contributed by atoms with Crippen LogP contribution in [0.1, 0.15) is 0 Å². The Labute approximate surface area is 123 Å². The van der Waals surface area contributed by atoms with Crippen molar-refractivity contribution in [3.8, 4) is 0 Å². The van der Waals surface area contributed by atoms with Gasteiger partial charge in [-0.1, -0.05) is 0 Å². The minimum absolute atomic E-state index is 0.0627. The first-order valence-electron chi connectivity index (χ1n) is 5.53. The number of nitrogens with one attached hydrogen (secondary N) is 1. The van der Waals surface area contributed by atoms with Crippen LogP contribution in [0.25, 0.3) is 0 Å². The lowest BCUT2D eigenvalue weighted by atomic mass is 10.3. The molecule has 0 aliphatic rings. The molecule has 1 heterocycles. The van der Waals surface area contributed by atoms with Gasteiger partial charge in [-0.25, -0.2) is 0 Å². The van der Waals surface area contributed by atoms with Gasteiger partial charge in [0.05, 0.1) is 11.4 Å². The highest BCUT2D eigenvalue weighted by atomic mass is 79.9. The highest BCUT2D eigenvalue weighted by Crippen LogP contribution is 2.25. The lowest BCUT2D eigenvalue weighted by Crippen LogP contribution is -2.14. The van der Waals surface area contributed by atoms with E-state index in [0.717, 1.165) is 15.1 Å². The molecule has 98 valence electrons. The molecule has 4 nitrogen and oxygen atoms in total. The maximum atomic E-state index is 11.8. The molecule has 0 saturated heterocycles. The smallest absolute Gasteiger partial charge is 0.234 e. The van der Waals surface area contributed by atoms with Crippen molar-refractivity contribution >= 4 is 45.0 Å². The van der Waals surface area contributed by atoms with Crippen LogP contribution in [-0.2, 0) is 4.79 Å². The summed E-state index contributed by atoms with van der Waals surface area (Å²) in [5.74, 6) is 0.285. The van der Waals surface area contributed by atoms with E-state index in [9.17, 15) is 4.79 Å². The van der Waals surface area contributed by atoms with E-state index in [2.05, 4.69) is 26.2 Å². The zero-order valence-corrected chi connectivity index (χ0v) is 12.4. The molecule has 0 bridgehead atoms. The standard InChI is InChI=1S/C13H12BrN3OS/c14-11-7-9(15)1-2-12(11)17-13(18)8-19-10-3-5-16-6-4-10/h1-7H,8,15H2,(H,17,18). The van der Waals surface area contributed by atoms with Crippen molar-refractivity contribution in [1.29, 1.82) is 0 Å². The fourth-order valence-electron chi connectivity index (χ4n) is 1.40. The van der Waals surface area contributed by atoms with E-state index < -0.39 is 0 Å². The van der Waals surface area contributed by atoms with Gasteiger partial charge in [0, 0.05) is 27.4 Å². The minimum Gasteiger partial charge on any atom is -0.399 e. The molecule has 0 radical (unpaired) electrons. The molecule has 6 heteroatoms. The molecule has 1 aromatic heterocycles. The van der Waals surface area contributed by atoms with Crippen LogP contribution in [0.15, 0.2) is 52.1 Å². The number of rotatable bonds is 4. The summed E-state index contributed by atoms with van der Waals surface area (Å²) in [4.78, 5) is 16.8. The van der Waals surface area contributed by atoms with Crippen molar-refractivity contribution in [3.63, 3.8) is 0 Å². The molecule has 0 atom stereocenters. The number of benzene rings is 1. The largest absolute Gasteiger partial charge is 0.399 e. The zero-order chi connectivity index (χ0) is 13.7. The first kappa shape index (κ1) is 13.9. The lowest BCUT2D eigenvalue weighted by molar-refractivity contribution is -0.113. The van der Waals surface area contributed by atoms with Gasteiger partial charge in [-0.15, -0.1) is 11.8 Å². The number of thioether (sulfide) groups is 1. The number of pyridine rings is 1. The molecule has 0 fully saturated rings. The fourth-order valence-corrected chi connectivity index (χ4v) is 2.58. The number of aromatic nitrogens is 1. The summed E-state index contributed by atoms with van der Waals surface area (Å²) in [6.07, 6.45) is 3.41. The van der Waals surface area contributed by atoms with E-state index >= 15 is 0 Å². The highest BCUT2D eigenvalue weighted by molar-refractivity contribution is 9.10. The van der Waals surface area contributed by atoms with Gasteiger partial charge < -0.3 is 11.1 Å². The number of nitrogen functional groups attached to an aromatic ring is 1. The van der Waals surface area contributed by atoms with Crippen molar-refractivity contribution in [2.75, 3.05) is 16.8 Å². The van der Waals surface area contributed by atoms with Gasteiger partial charge in [0.2, 0.25) is 5.91 Å². The third kappa shape index (κ3) is 4.25. The van der Waals surface area contributed by atoms with Crippen LogP contribution in [-0.4, -0.2) is 16.6 Å². The second-order valence-electron chi connectivity index (χ2n) is 3.76. The SMILES string of the molecule is Nc1ccc(NC(=O)CSc2ccncc2)c(Br)c1. The molecule has 1 amide bonds. The summed E-state index contributed by atoms with van der Waals surface area (Å²) < 4.78 is 0.773. The normalized spacial score (nSPS) is 10.2. The highest BCUT2D eigenvalue weighted by Gasteiger charge is 2.06. The number of hydrogen-bond acceptors (Lipinski definition) is 4. The summed E-state index contributed by atoms with van der Waals surface area (Å²) in [7, 11) is 0. The third-order valence-electron chi connectivity index (χ3n) is 2.29. The van der Waals surface area contributed by atoms with E-state index in [4.69, 9.17) is 5.73 Å². The Balaban J connectivity index is 1.91. The van der Waals surface area contributed by atoms with Crippen LogP contribution >= 0.6 is 27.7 Å². The van der Waals surface area contributed by atoms with E-state index in [1.165, 1.54) is 11.8 Å². The molecule has 0 aliphatic heterocycles. The molecule has 2 rings (SSSR count). The van der Waals surface area contributed by atoms with Crippen LogP contribution < -0.4 is 11.1 Å². The lowest BCUT2D eigenvalue weighted by Gasteiger charge is -2.07. The topological polar surface area (TPSA) is 68.0 Å². The first-order chi connectivity index (χ1) is 9.15. The quantitative estimate of drug-likeness (QED) is 0.664. The van der Waals surface area contributed by atoms with E-state index in [1.807, 2.05) is 12.1 Å². The van der Waals surface area contributed by atoms with Gasteiger partial charge in [-0.05, 0) is 46.3 Å². The van der Waals surface area contributed by atoms with Crippen LogP contribution in [0, 0.1) is 0 Å². The average molecular weight is 338 g/mol. The van der Waals surface area contributed by atoms with Crippen LogP contribution in [0.4, 0.5) is 11.4 Å². The Hall–Kier alpha value is -1.53. The third-order valence-corrected chi connectivity index (χ3v) is 3.96. The molecule has 0 unspecified atom stereocenters. The predicted octanol–water partition coefficient (Wildman–Crippen LogP) is 3.16. The summed E-state index contributed by atoms with van der Waals surface area (Å²) in [5.41, 5.74) is 7.01. The van der Waals surface area contributed by atoms with Gasteiger partial charge in [0.25, 0.3) is 0 Å². The molecule has 19 heavy (non-hydrogen) atoms. The number of hydrogen-bond donors (Lipinski definition) is 2. The van der Waals surface area contributed by atoms with E-state index in [-0.39, 0.29) is 5.91 Å². The minimum atomic E-state index is -0.0627. The number of anilines is 2. The van der Waals surface area contributed by atoms with Crippen molar-refractivity contribution in [2.24, 2.45) is 0 Å². The summed E-state index contributed by atoms with van der Waals surface area (Å²) in [6.45, 7) is 0. The Kier molecular flexibility index (Phi) is 4.81. The predicted molar refractivity (Wildman–Crippen MR) is 82.1 cm³/mol. The second kappa shape index (κ2) is 6.58. The monoisotopic (exact) mass is 337 g/mol. The maximum absolute atomic E-state index is 11.8. The van der Waals surface area contributed by atoms with Crippen LogP contribution in [0.3, 0.4) is 0 Å². The molecule has 1 aromatic carbocycles. The number of nitrogens with zero attached hydrogens (tertiary/aromatic N) is 1. The van der Waals surface area contributed by atoms with Crippen LogP contribution in [0.2, 0.25) is 0 Å². The van der Waals surface area contributed by atoms with Crippen molar-refractivity contribution in [1.82, 2.24) is 4.98 Å². The van der Waals surface area contributed by atoms with Crippen molar-refractivity contribution in [3.05, 3.63) is 47.2 Å². The molecular weight excluding hydrogens is 326 g/mol. The van der Waals surface area contributed by atoms with Gasteiger partial charge in [-0.2, -0.15) is 0 Å². The van der Waals surface area contributed by atoms with E-state index in [0.29, 0.717) is 11.4 Å². The number of carbonyl (C=O) groups excluding carboxylic acids is 1. The summed E-state index contributed by atoms with van der Waals surface area (Å²) >= 11 is 4.83. The number of carbonyl (C=O) groups is 1. The Morgan fingerprint density at radius 1 is 1.32 bits per heavy atom. The Morgan fingerprint density at radius 3 is 2.74 bits per heavy atom. The van der Waals surface area contributed by atoms with Gasteiger partial charge >= 0.3 is 0 Å². The van der Waals surface area contributed by atoms with Crippen LogP contribution in [0.5, 0.6) is 0 Å².